The molecule has 0 amide bonds. The van der Waals surface area contributed by atoms with Crippen molar-refractivity contribution < 1.29 is 17.2 Å². The molecule has 0 aliphatic carbocycles. The van der Waals surface area contributed by atoms with Crippen LogP contribution in [0.2, 0.25) is 0 Å². The highest BCUT2D eigenvalue weighted by Gasteiger charge is 2.21. The van der Waals surface area contributed by atoms with Gasteiger partial charge in [-0.15, -0.1) is 0 Å². The third kappa shape index (κ3) is 2.85. The Labute approximate surface area is 114 Å². The van der Waals surface area contributed by atoms with Crippen molar-refractivity contribution in [3.8, 4) is 0 Å². The van der Waals surface area contributed by atoms with E-state index >= 15 is 0 Å². The van der Waals surface area contributed by atoms with Gasteiger partial charge in [0.15, 0.2) is 5.03 Å². The predicted octanol–water partition coefficient (Wildman–Crippen LogP) is 2.20. The van der Waals surface area contributed by atoms with Gasteiger partial charge in [-0.25, -0.2) is 13.8 Å². The van der Waals surface area contributed by atoms with Crippen LogP contribution in [0, 0.1) is 11.6 Å². The number of sulfonamides is 1. The van der Waals surface area contributed by atoms with Crippen LogP contribution in [-0.4, -0.2) is 20.4 Å². The van der Waals surface area contributed by atoms with Crippen molar-refractivity contribution in [2.45, 2.75) is 5.03 Å². The second kappa shape index (κ2) is 5.41. The molecule has 0 aliphatic heterocycles. The third-order valence-corrected chi connectivity index (χ3v) is 3.79. The van der Waals surface area contributed by atoms with Crippen LogP contribution < -0.4 is 10.0 Å². The molecule has 2 N–H and O–H groups in total. The molecule has 0 spiro atoms. The van der Waals surface area contributed by atoms with E-state index in [2.05, 4.69) is 10.3 Å². The number of rotatable bonds is 4. The highest BCUT2D eigenvalue weighted by Crippen LogP contribution is 2.22. The molecule has 0 unspecified atom stereocenters. The third-order valence-electron chi connectivity index (χ3n) is 2.47. The molecule has 0 fully saturated rings. The minimum atomic E-state index is -4.08. The first-order chi connectivity index (χ1) is 9.44. The minimum Gasteiger partial charge on any atom is -0.386 e. The lowest BCUT2D eigenvalue weighted by Gasteiger charge is -2.11. The Balaban J connectivity index is 2.41. The number of pyridine rings is 1. The van der Waals surface area contributed by atoms with Crippen LogP contribution in [0.3, 0.4) is 0 Å². The van der Waals surface area contributed by atoms with Crippen LogP contribution in [0.25, 0.3) is 0 Å². The number of hydrogen-bond donors (Lipinski definition) is 2. The molecule has 0 saturated carbocycles. The van der Waals surface area contributed by atoms with Crippen molar-refractivity contribution in [2.75, 3.05) is 17.1 Å². The normalized spacial score (nSPS) is 11.2. The minimum absolute atomic E-state index is 0.266. The molecule has 1 aromatic heterocycles. The van der Waals surface area contributed by atoms with E-state index in [0.717, 1.165) is 12.1 Å². The molecule has 2 rings (SSSR count). The van der Waals surface area contributed by atoms with Gasteiger partial charge in [0, 0.05) is 19.3 Å². The monoisotopic (exact) mass is 299 g/mol. The summed E-state index contributed by atoms with van der Waals surface area (Å²) < 4.78 is 52.6. The Bertz CT molecular complexity index is 735. The lowest BCUT2D eigenvalue weighted by Crippen LogP contribution is -2.17. The van der Waals surface area contributed by atoms with Gasteiger partial charge in [0.2, 0.25) is 0 Å². The average Bonchev–Trinajstić information content (AvgIpc) is 2.42. The van der Waals surface area contributed by atoms with E-state index in [0.29, 0.717) is 6.07 Å². The first kappa shape index (κ1) is 14.2. The molecule has 0 atom stereocenters. The number of halogens is 2. The molecule has 0 bridgehead atoms. The lowest BCUT2D eigenvalue weighted by molar-refractivity contribution is 0.582. The molecular weight excluding hydrogens is 288 g/mol. The first-order valence-electron chi connectivity index (χ1n) is 5.54. The van der Waals surface area contributed by atoms with Crippen LogP contribution in [0.1, 0.15) is 0 Å². The van der Waals surface area contributed by atoms with Gasteiger partial charge in [-0.3, -0.25) is 4.72 Å². The Hall–Kier alpha value is -2.22. The van der Waals surface area contributed by atoms with Gasteiger partial charge < -0.3 is 5.32 Å². The second-order valence-corrected chi connectivity index (χ2v) is 5.43. The Morgan fingerprint density at radius 1 is 1.15 bits per heavy atom. The number of nitrogens with one attached hydrogen (secondary N) is 2. The van der Waals surface area contributed by atoms with Gasteiger partial charge in [-0.1, -0.05) is 0 Å². The summed E-state index contributed by atoms with van der Waals surface area (Å²) in [5.41, 5.74) is -0.0818. The summed E-state index contributed by atoms with van der Waals surface area (Å²) >= 11 is 0. The largest absolute Gasteiger partial charge is 0.386 e. The molecule has 2 aromatic rings. The first-order valence-corrected chi connectivity index (χ1v) is 7.03. The SMILES string of the molecule is CNc1cccnc1S(=O)(=O)Nc1ccc(F)cc1F. The summed E-state index contributed by atoms with van der Waals surface area (Å²) in [5, 5.41) is 2.40. The van der Waals surface area contributed by atoms with Crippen LogP contribution in [-0.2, 0) is 10.0 Å². The van der Waals surface area contributed by atoms with Crippen LogP contribution in [0.5, 0.6) is 0 Å². The van der Waals surface area contributed by atoms with Crippen molar-refractivity contribution in [2.24, 2.45) is 0 Å². The number of benzene rings is 1. The van der Waals surface area contributed by atoms with E-state index in [1.807, 2.05) is 4.72 Å². The summed E-state index contributed by atoms with van der Waals surface area (Å²) in [7, 11) is -2.54. The fourth-order valence-corrected chi connectivity index (χ4v) is 2.77. The number of anilines is 2. The number of aromatic nitrogens is 1. The summed E-state index contributed by atoms with van der Waals surface area (Å²) in [6.07, 6.45) is 1.30. The molecule has 20 heavy (non-hydrogen) atoms. The maximum atomic E-state index is 13.5. The van der Waals surface area contributed by atoms with Crippen LogP contribution in [0.15, 0.2) is 41.6 Å². The fraction of sp³-hybridized carbons (Fsp3) is 0.0833. The van der Waals surface area contributed by atoms with Crippen LogP contribution >= 0.6 is 0 Å². The number of hydrogen-bond acceptors (Lipinski definition) is 4. The van der Waals surface area contributed by atoms with E-state index in [1.165, 1.54) is 19.3 Å². The van der Waals surface area contributed by atoms with Gasteiger partial charge in [0.25, 0.3) is 10.0 Å². The fourth-order valence-electron chi connectivity index (χ4n) is 1.56. The van der Waals surface area contributed by atoms with Crippen molar-refractivity contribution in [3.05, 3.63) is 48.2 Å². The second-order valence-electron chi connectivity index (χ2n) is 3.84. The molecule has 8 heteroatoms. The molecule has 106 valence electrons. The Morgan fingerprint density at radius 2 is 1.90 bits per heavy atom. The quantitative estimate of drug-likeness (QED) is 0.908. The van der Waals surface area contributed by atoms with Gasteiger partial charge >= 0.3 is 0 Å². The zero-order chi connectivity index (χ0) is 14.8. The van der Waals surface area contributed by atoms with Gasteiger partial charge in [0.05, 0.1) is 11.4 Å². The molecule has 1 aromatic carbocycles. The smallest absolute Gasteiger partial charge is 0.281 e. The summed E-state index contributed by atoms with van der Waals surface area (Å²) in [6.45, 7) is 0. The number of nitrogens with zero attached hydrogens (tertiary/aromatic N) is 1. The van der Waals surface area contributed by atoms with Gasteiger partial charge in [-0.05, 0) is 24.3 Å². The van der Waals surface area contributed by atoms with E-state index in [9.17, 15) is 17.2 Å². The zero-order valence-electron chi connectivity index (χ0n) is 10.4. The molecule has 1 heterocycles. The molecule has 5 nitrogen and oxygen atoms in total. The highest BCUT2D eigenvalue weighted by atomic mass is 32.2. The van der Waals surface area contributed by atoms with E-state index in [-0.39, 0.29) is 16.4 Å². The maximum Gasteiger partial charge on any atom is 0.281 e. The van der Waals surface area contributed by atoms with Crippen LogP contribution in [0.4, 0.5) is 20.2 Å². The Kier molecular flexibility index (Phi) is 3.84. The van der Waals surface area contributed by atoms with E-state index in [1.54, 1.807) is 6.07 Å². The topological polar surface area (TPSA) is 71.1 Å². The van der Waals surface area contributed by atoms with Crippen molar-refractivity contribution in [3.63, 3.8) is 0 Å². The summed E-state index contributed by atoms with van der Waals surface area (Å²) in [6, 6.07) is 5.63. The van der Waals surface area contributed by atoms with Gasteiger partial charge in [-0.2, -0.15) is 8.42 Å². The standard InChI is InChI=1S/C12H11F2N3O2S/c1-15-11-3-2-6-16-12(11)20(18,19)17-10-5-4-8(13)7-9(10)14/h2-7,15,17H,1H3. The summed E-state index contributed by atoms with van der Waals surface area (Å²) in [4.78, 5) is 3.76. The van der Waals surface area contributed by atoms with E-state index < -0.39 is 21.7 Å². The summed E-state index contributed by atoms with van der Waals surface area (Å²) in [5.74, 6) is -1.80. The van der Waals surface area contributed by atoms with E-state index in [4.69, 9.17) is 0 Å². The zero-order valence-corrected chi connectivity index (χ0v) is 11.2. The maximum absolute atomic E-state index is 13.5. The van der Waals surface area contributed by atoms with Crippen molar-refractivity contribution in [1.82, 2.24) is 4.98 Å². The lowest BCUT2D eigenvalue weighted by atomic mass is 10.3. The Morgan fingerprint density at radius 3 is 2.55 bits per heavy atom. The van der Waals surface area contributed by atoms with Crippen molar-refractivity contribution >= 4 is 21.4 Å². The average molecular weight is 299 g/mol. The molecular formula is C12H11F2N3O2S. The predicted molar refractivity (Wildman–Crippen MR) is 71.0 cm³/mol. The highest BCUT2D eigenvalue weighted by molar-refractivity contribution is 7.92. The molecule has 0 radical (unpaired) electrons. The van der Waals surface area contributed by atoms with Gasteiger partial charge in [0.1, 0.15) is 11.6 Å². The molecule has 0 saturated heterocycles. The van der Waals surface area contributed by atoms with Crippen molar-refractivity contribution in [1.29, 1.82) is 0 Å². The molecule has 0 aliphatic rings.